The molecule has 1 heterocycles. The number of nitrogen functional groups attached to an aromatic ring is 1. The molecule has 14 heavy (non-hydrogen) atoms. The minimum atomic E-state index is 0.0174. The molecule has 0 amide bonds. The third-order valence-electron chi connectivity index (χ3n) is 2.46. The summed E-state index contributed by atoms with van der Waals surface area (Å²) in [5.74, 6) is 0.252. The smallest absolute Gasteiger partial charge is 0.220 e. The van der Waals surface area contributed by atoms with Gasteiger partial charge in [0.05, 0.1) is 0 Å². The topological polar surface area (TPSA) is 68.9 Å². The molecule has 0 aromatic carbocycles. The van der Waals surface area contributed by atoms with Gasteiger partial charge in [0.15, 0.2) is 5.78 Å². The molecule has 1 aromatic rings. The molecule has 0 saturated carbocycles. The van der Waals surface area contributed by atoms with Crippen LogP contribution in [0.4, 0.5) is 5.95 Å². The molecule has 0 aliphatic heterocycles. The fraction of sp³-hybridized carbons (Fsp3) is 0.500. The van der Waals surface area contributed by atoms with Gasteiger partial charge in [0.25, 0.3) is 0 Å². The van der Waals surface area contributed by atoms with Crippen molar-refractivity contribution in [3.8, 4) is 0 Å². The minimum Gasteiger partial charge on any atom is -0.368 e. The summed E-state index contributed by atoms with van der Waals surface area (Å²) >= 11 is 0. The van der Waals surface area contributed by atoms with Gasteiger partial charge in [-0.1, -0.05) is 13.8 Å². The van der Waals surface area contributed by atoms with E-state index in [1.165, 1.54) is 0 Å². The molecule has 4 heteroatoms. The van der Waals surface area contributed by atoms with Gasteiger partial charge in [-0.05, 0) is 11.8 Å². The number of fused-ring (bicyclic) bond motifs is 1. The van der Waals surface area contributed by atoms with E-state index < -0.39 is 0 Å². The molecule has 0 fully saturated rings. The number of aromatic nitrogens is 2. The van der Waals surface area contributed by atoms with E-state index in [9.17, 15) is 4.79 Å². The molecular weight excluding hydrogens is 178 g/mol. The number of carbonyl (C=O) groups is 1. The Bertz CT molecular complexity index is 398. The lowest BCUT2D eigenvalue weighted by Gasteiger charge is -2.28. The maximum absolute atomic E-state index is 11.7. The lowest BCUT2D eigenvalue weighted by molar-refractivity contribution is 0.0906. The molecule has 0 atom stereocenters. The van der Waals surface area contributed by atoms with Crippen LogP contribution in [-0.2, 0) is 6.42 Å². The van der Waals surface area contributed by atoms with Crippen LogP contribution in [0.5, 0.6) is 0 Å². The van der Waals surface area contributed by atoms with Gasteiger partial charge in [0.1, 0.15) is 5.69 Å². The Morgan fingerprint density at radius 2 is 2.14 bits per heavy atom. The van der Waals surface area contributed by atoms with Crippen molar-refractivity contribution in [3.63, 3.8) is 0 Å². The van der Waals surface area contributed by atoms with Crippen LogP contribution in [-0.4, -0.2) is 15.8 Å². The molecule has 0 unspecified atom stereocenters. The normalized spacial score (nSPS) is 19.1. The second-order valence-electron chi connectivity index (χ2n) is 4.54. The zero-order valence-corrected chi connectivity index (χ0v) is 8.37. The van der Waals surface area contributed by atoms with Crippen LogP contribution >= 0.6 is 0 Å². The average molecular weight is 191 g/mol. The molecule has 1 aliphatic rings. The molecule has 1 aromatic heterocycles. The van der Waals surface area contributed by atoms with E-state index in [1.807, 2.05) is 0 Å². The largest absolute Gasteiger partial charge is 0.368 e. The molecule has 0 bridgehead atoms. The van der Waals surface area contributed by atoms with Crippen molar-refractivity contribution in [2.75, 3.05) is 5.73 Å². The first kappa shape index (κ1) is 9.12. The number of nitrogens with zero attached hydrogens (tertiary/aromatic N) is 2. The summed E-state index contributed by atoms with van der Waals surface area (Å²) in [4.78, 5) is 19.6. The molecule has 4 nitrogen and oxygen atoms in total. The molecule has 1 aliphatic carbocycles. The number of anilines is 1. The summed E-state index contributed by atoms with van der Waals surface area (Å²) in [5, 5.41) is 0. The quantitative estimate of drug-likeness (QED) is 0.669. The standard InChI is InChI=1S/C10H13N3O/c1-10(2)3-6-5-12-9(11)13-8(6)7(14)4-10/h5H,3-4H2,1-2H3,(H2,11,12,13). The van der Waals surface area contributed by atoms with E-state index >= 15 is 0 Å². The summed E-state index contributed by atoms with van der Waals surface area (Å²) in [7, 11) is 0. The highest BCUT2D eigenvalue weighted by atomic mass is 16.1. The summed E-state index contributed by atoms with van der Waals surface area (Å²) < 4.78 is 0. The van der Waals surface area contributed by atoms with Crippen LogP contribution in [0, 0.1) is 5.41 Å². The van der Waals surface area contributed by atoms with Crippen molar-refractivity contribution >= 4 is 11.7 Å². The summed E-state index contributed by atoms with van der Waals surface area (Å²) in [6.45, 7) is 4.15. The number of carbonyl (C=O) groups excluding carboxylic acids is 1. The Labute approximate surface area is 82.6 Å². The van der Waals surface area contributed by atoms with Gasteiger partial charge < -0.3 is 5.73 Å². The van der Waals surface area contributed by atoms with Gasteiger partial charge in [-0.2, -0.15) is 0 Å². The number of rotatable bonds is 0. The predicted octanol–water partition coefficient (Wildman–Crippen LogP) is 1.21. The van der Waals surface area contributed by atoms with Gasteiger partial charge in [-0.25, -0.2) is 9.97 Å². The Hall–Kier alpha value is -1.45. The van der Waals surface area contributed by atoms with E-state index in [1.54, 1.807) is 6.20 Å². The first-order chi connectivity index (χ1) is 6.48. The van der Waals surface area contributed by atoms with Gasteiger partial charge in [0.2, 0.25) is 5.95 Å². The fourth-order valence-electron chi connectivity index (χ4n) is 1.89. The third-order valence-corrected chi connectivity index (χ3v) is 2.46. The Balaban J connectivity index is 2.50. The maximum Gasteiger partial charge on any atom is 0.220 e. The van der Waals surface area contributed by atoms with Crippen molar-refractivity contribution in [2.24, 2.45) is 5.41 Å². The molecule has 0 spiro atoms. The van der Waals surface area contributed by atoms with E-state index in [0.29, 0.717) is 12.1 Å². The van der Waals surface area contributed by atoms with Crippen LogP contribution < -0.4 is 5.73 Å². The van der Waals surface area contributed by atoms with Crippen LogP contribution in [0.2, 0.25) is 0 Å². The lowest BCUT2D eigenvalue weighted by atomic mass is 9.76. The van der Waals surface area contributed by atoms with Gasteiger partial charge in [-0.15, -0.1) is 0 Å². The molecule has 0 saturated heterocycles. The average Bonchev–Trinajstić information content (AvgIpc) is 2.05. The van der Waals surface area contributed by atoms with Crippen molar-refractivity contribution in [1.29, 1.82) is 0 Å². The number of ketones is 1. The van der Waals surface area contributed by atoms with Crippen LogP contribution in [0.15, 0.2) is 6.20 Å². The van der Waals surface area contributed by atoms with Crippen molar-refractivity contribution < 1.29 is 4.79 Å². The van der Waals surface area contributed by atoms with Crippen molar-refractivity contribution in [2.45, 2.75) is 26.7 Å². The van der Waals surface area contributed by atoms with E-state index in [-0.39, 0.29) is 17.1 Å². The first-order valence-electron chi connectivity index (χ1n) is 4.62. The van der Waals surface area contributed by atoms with E-state index in [4.69, 9.17) is 5.73 Å². The maximum atomic E-state index is 11.7. The monoisotopic (exact) mass is 191 g/mol. The van der Waals surface area contributed by atoms with E-state index in [0.717, 1.165) is 12.0 Å². The van der Waals surface area contributed by atoms with E-state index in [2.05, 4.69) is 23.8 Å². The number of nitrogens with two attached hydrogens (primary N) is 1. The van der Waals surface area contributed by atoms with Crippen LogP contribution in [0.25, 0.3) is 0 Å². The molecule has 74 valence electrons. The summed E-state index contributed by atoms with van der Waals surface area (Å²) in [5.41, 5.74) is 6.88. The molecule has 2 rings (SSSR count). The van der Waals surface area contributed by atoms with Gasteiger partial charge >= 0.3 is 0 Å². The molecular formula is C10H13N3O. The lowest BCUT2D eigenvalue weighted by Crippen LogP contribution is -2.28. The highest BCUT2D eigenvalue weighted by Crippen LogP contribution is 2.33. The second kappa shape index (κ2) is 2.77. The number of Topliss-reactive ketones (excluding diaryl/α,β-unsaturated/α-hetero) is 1. The minimum absolute atomic E-state index is 0.0174. The highest BCUT2D eigenvalue weighted by molar-refractivity contribution is 5.97. The highest BCUT2D eigenvalue weighted by Gasteiger charge is 2.32. The summed E-state index contributed by atoms with van der Waals surface area (Å²) in [6, 6.07) is 0. The van der Waals surface area contributed by atoms with Gasteiger partial charge in [0, 0.05) is 18.2 Å². The zero-order chi connectivity index (χ0) is 10.3. The number of hydrogen-bond acceptors (Lipinski definition) is 4. The SMILES string of the molecule is CC1(C)CC(=O)c2nc(N)ncc2C1. The molecule has 0 radical (unpaired) electrons. The first-order valence-corrected chi connectivity index (χ1v) is 4.62. The second-order valence-corrected chi connectivity index (χ2v) is 4.54. The fourth-order valence-corrected chi connectivity index (χ4v) is 1.89. The van der Waals surface area contributed by atoms with Crippen molar-refractivity contribution in [3.05, 3.63) is 17.5 Å². The Morgan fingerprint density at radius 3 is 2.86 bits per heavy atom. The van der Waals surface area contributed by atoms with Crippen molar-refractivity contribution in [1.82, 2.24) is 9.97 Å². The summed E-state index contributed by atoms with van der Waals surface area (Å²) in [6.07, 6.45) is 3.04. The van der Waals surface area contributed by atoms with Crippen LogP contribution in [0.3, 0.4) is 0 Å². The molecule has 2 N–H and O–H groups in total. The van der Waals surface area contributed by atoms with Gasteiger partial charge in [-0.3, -0.25) is 4.79 Å². The Kier molecular flexibility index (Phi) is 1.80. The Morgan fingerprint density at radius 1 is 1.43 bits per heavy atom. The zero-order valence-electron chi connectivity index (χ0n) is 8.37. The predicted molar refractivity (Wildman–Crippen MR) is 52.9 cm³/mol. The third kappa shape index (κ3) is 1.47. The van der Waals surface area contributed by atoms with Crippen LogP contribution in [0.1, 0.15) is 36.3 Å². The number of hydrogen-bond donors (Lipinski definition) is 1.